The summed E-state index contributed by atoms with van der Waals surface area (Å²) in [4.78, 5) is 16.8. The third-order valence-corrected chi connectivity index (χ3v) is 5.04. The van der Waals surface area contributed by atoms with Gasteiger partial charge in [0.2, 0.25) is 5.91 Å². The van der Waals surface area contributed by atoms with Crippen molar-refractivity contribution in [3.63, 3.8) is 0 Å². The van der Waals surface area contributed by atoms with Crippen LogP contribution in [0.2, 0.25) is 0 Å². The van der Waals surface area contributed by atoms with E-state index in [1.165, 1.54) is 5.56 Å². The highest BCUT2D eigenvalue weighted by Crippen LogP contribution is 2.27. The van der Waals surface area contributed by atoms with Crippen LogP contribution in [0.1, 0.15) is 16.8 Å². The minimum Gasteiger partial charge on any atom is -0.493 e. The van der Waals surface area contributed by atoms with Gasteiger partial charge >= 0.3 is 0 Å². The fourth-order valence-corrected chi connectivity index (χ4v) is 3.53. The molecule has 3 rings (SSSR count). The van der Waals surface area contributed by atoms with Crippen LogP contribution in [0.15, 0.2) is 47.8 Å². The van der Waals surface area contributed by atoms with Gasteiger partial charge in [0.15, 0.2) is 11.5 Å². The number of carbonyl (C=O) groups is 1. The fourth-order valence-electron chi connectivity index (χ4n) is 2.72. The zero-order chi connectivity index (χ0) is 19.2. The number of nitrogens with one attached hydrogen (secondary N) is 1. The Morgan fingerprint density at radius 1 is 1.11 bits per heavy atom. The van der Waals surface area contributed by atoms with Crippen molar-refractivity contribution < 1.29 is 14.3 Å². The highest BCUT2D eigenvalue weighted by Gasteiger charge is 2.10. The third kappa shape index (κ3) is 4.86. The summed E-state index contributed by atoms with van der Waals surface area (Å²) >= 11 is 1.56. The number of amides is 1. The summed E-state index contributed by atoms with van der Waals surface area (Å²) in [5.41, 5.74) is 4.00. The molecule has 0 aliphatic heterocycles. The maximum Gasteiger partial charge on any atom is 0.226 e. The average molecular weight is 382 g/mol. The molecule has 0 spiro atoms. The minimum absolute atomic E-state index is 0.0640. The van der Waals surface area contributed by atoms with Crippen LogP contribution in [0.5, 0.6) is 11.5 Å². The second kappa shape index (κ2) is 8.68. The van der Waals surface area contributed by atoms with E-state index >= 15 is 0 Å². The van der Waals surface area contributed by atoms with Crippen LogP contribution in [-0.4, -0.2) is 25.1 Å². The van der Waals surface area contributed by atoms with Gasteiger partial charge in [0, 0.05) is 17.5 Å². The topological polar surface area (TPSA) is 60.5 Å². The molecule has 0 radical (unpaired) electrons. The van der Waals surface area contributed by atoms with Crippen LogP contribution >= 0.6 is 11.3 Å². The van der Waals surface area contributed by atoms with Gasteiger partial charge in [-0.05, 0) is 30.7 Å². The maximum absolute atomic E-state index is 12.3. The molecule has 0 aliphatic rings. The molecule has 140 valence electrons. The summed E-state index contributed by atoms with van der Waals surface area (Å²) in [5, 5.41) is 5.79. The SMILES string of the molecule is COc1ccc(CNC(=O)Cc2csc(-c3cccc(C)c3)n2)cc1OC. The smallest absolute Gasteiger partial charge is 0.226 e. The molecule has 5 nitrogen and oxygen atoms in total. The van der Waals surface area contributed by atoms with E-state index in [0.717, 1.165) is 21.8 Å². The van der Waals surface area contributed by atoms with Gasteiger partial charge in [-0.1, -0.05) is 29.8 Å². The largest absolute Gasteiger partial charge is 0.493 e. The highest BCUT2D eigenvalue weighted by molar-refractivity contribution is 7.13. The van der Waals surface area contributed by atoms with Gasteiger partial charge in [-0.2, -0.15) is 0 Å². The molecule has 0 saturated heterocycles. The molecule has 1 aromatic heterocycles. The number of thiazole rings is 1. The summed E-state index contributed by atoms with van der Waals surface area (Å²) in [7, 11) is 3.19. The Morgan fingerprint density at radius 3 is 2.67 bits per heavy atom. The van der Waals surface area contributed by atoms with E-state index in [1.807, 2.05) is 35.7 Å². The third-order valence-electron chi connectivity index (χ3n) is 4.10. The standard InChI is InChI=1S/C21H22N2O3S/c1-14-5-4-6-16(9-14)21-23-17(13-27-21)11-20(24)22-12-15-7-8-18(25-2)19(10-15)26-3/h4-10,13H,11-12H2,1-3H3,(H,22,24). The number of carbonyl (C=O) groups excluding carboxylic acids is 1. The van der Waals surface area contributed by atoms with Crippen LogP contribution < -0.4 is 14.8 Å². The Morgan fingerprint density at radius 2 is 1.93 bits per heavy atom. The first-order valence-corrected chi connectivity index (χ1v) is 9.46. The number of benzene rings is 2. The van der Waals surface area contributed by atoms with E-state index in [4.69, 9.17) is 9.47 Å². The van der Waals surface area contributed by atoms with Crippen molar-refractivity contribution in [1.82, 2.24) is 10.3 Å². The van der Waals surface area contributed by atoms with Crippen molar-refractivity contribution in [2.45, 2.75) is 19.9 Å². The first kappa shape index (κ1) is 18.9. The van der Waals surface area contributed by atoms with Crippen molar-refractivity contribution in [1.29, 1.82) is 0 Å². The second-order valence-electron chi connectivity index (χ2n) is 6.16. The number of aromatic nitrogens is 1. The molecule has 1 N–H and O–H groups in total. The molecule has 3 aromatic rings. The minimum atomic E-state index is -0.0640. The van der Waals surface area contributed by atoms with E-state index in [1.54, 1.807) is 25.6 Å². The van der Waals surface area contributed by atoms with E-state index in [2.05, 4.69) is 29.4 Å². The highest BCUT2D eigenvalue weighted by atomic mass is 32.1. The lowest BCUT2D eigenvalue weighted by Crippen LogP contribution is -2.24. The second-order valence-corrected chi connectivity index (χ2v) is 7.01. The molecule has 0 bridgehead atoms. The quantitative estimate of drug-likeness (QED) is 0.671. The fraction of sp³-hybridized carbons (Fsp3) is 0.238. The van der Waals surface area contributed by atoms with Crippen molar-refractivity contribution in [3.8, 4) is 22.1 Å². The molecule has 6 heteroatoms. The Bertz CT molecular complexity index is 937. The maximum atomic E-state index is 12.3. The number of methoxy groups -OCH3 is 2. The summed E-state index contributed by atoms with van der Waals surface area (Å²) in [5.74, 6) is 1.25. The van der Waals surface area contributed by atoms with Crippen molar-refractivity contribution in [2.24, 2.45) is 0 Å². The normalized spacial score (nSPS) is 10.5. The zero-order valence-electron chi connectivity index (χ0n) is 15.6. The zero-order valence-corrected chi connectivity index (χ0v) is 16.4. The van der Waals surface area contributed by atoms with Gasteiger partial charge in [-0.25, -0.2) is 4.98 Å². The number of ether oxygens (including phenoxy) is 2. The molecular formula is C21H22N2O3S. The first-order valence-electron chi connectivity index (χ1n) is 8.58. The molecule has 27 heavy (non-hydrogen) atoms. The van der Waals surface area contributed by atoms with E-state index in [-0.39, 0.29) is 12.3 Å². The molecule has 1 heterocycles. The molecule has 2 aromatic carbocycles. The summed E-state index contributed by atoms with van der Waals surface area (Å²) in [6.07, 6.45) is 0.260. The Labute approximate surface area is 163 Å². The van der Waals surface area contributed by atoms with Crippen molar-refractivity contribution in [3.05, 3.63) is 64.7 Å². The molecular weight excluding hydrogens is 360 g/mol. The van der Waals surface area contributed by atoms with Crippen molar-refractivity contribution >= 4 is 17.2 Å². The Balaban J connectivity index is 1.59. The lowest BCUT2D eigenvalue weighted by Gasteiger charge is -2.10. The molecule has 0 aliphatic carbocycles. The monoisotopic (exact) mass is 382 g/mol. The van der Waals surface area contributed by atoms with Gasteiger partial charge in [-0.15, -0.1) is 11.3 Å². The summed E-state index contributed by atoms with van der Waals surface area (Å²) in [6, 6.07) is 13.8. The number of hydrogen-bond donors (Lipinski definition) is 1. The van der Waals surface area contributed by atoms with Crippen LogP contribution in [0, 0.1) is 6.92 Å². The number of aryl methyl sites for hydroxylation is 1. The predicted molar refractivity (Wildman–Crippen MR) is 107 cm³/mol. The molecule has 1 amide bonds. The van der Waals surface area contributed by atoms with Gasteiger partial charge in [0.25, 0.3) is 0 Å². The van der Waals surface area contributed by atoms with Gasteiger partial charge in [0.05, 0.1) is 26.3 Å². The molecule has 0 atom stereocenters. The number of hydrogen-bond acceptors (Lipinski definition) is 5. The van der Waals surface area contributed by atoms with Gasteiger partial charge in [-0.3, -0.25) is 4.79 Å². The van der Waals surface area contributed by atoms with Gasteiger partial charge in [0.1, 0.15) is 5.01 Å². The van der Waals surface area contributed by atoms with Crippen LogP contribution in [-0.2, 0) is 17.8 Å². The van der Waals surface area contributed by atoms with Crippen LogP contribution in [0.25, 0.3) is 10.6 Å². The van der Waals surface area contributed by atoms with Gasteiger partial charge < -0.3 is 14.8 Å². The van der Waals surface area contributed by atoms with E-state index < -0.39 is 0 Å². The molecule has 0 saturated carbocycles. The van der Waals surface area contributed by atoms with E-state index in [0.29, 0.717) is 18.0 Å². The average Bonchev–Trinajstić information content (AvgIpc) is 3.14. The molecule has 0 fully saturated rings. The number of rotatable bonds is 7. The van der Waals surface area contributed by atoms with E-state index in [9.17, 15) is 4.79 Å². The predicted octanol–water partition coefficient (Wildman–Crippen LogP) is 3.99. The summed E-state index contributed by atoms with van der Waals surface area (Å²) < 4.78 is 10.5. The first-order chi connectivity index (χ1) is 13.1. The Hall–Kier alpha value is -2.86. The Kier molecular flexibility index (Phi) is 6.08. The lowest BCUT2D eigenvalue weighted by atomic mass is 10.1. The number of nitrogens with zero attached hydrogens (tertiary/aromatic N) is 1. The van der Waals surface area contributed by atoms with Crippen LogP contribution in [0.3, 0.4) is 0 Å². The summed E-state index contributed by atoms with van der Waals surface area (Å²) in [6.45, 7) is 2.48. The van der Waals surface area contributed by atoms with Crippen molar-refractivity contribution in [2.75, 3.05) is 14.2 Å². The lowest BCUT2D eigenvalue weighted by molar-refractivity contribution is -0.120. The molecule has 0 unspecified atom stereocenters. The van der Waals surface area contributed by atoms with Crippen LogP contribution in [0.4, 0.5) is 0 Å².